The summed E-state index contributed by atoms with van der Waals surface area (Å²) < 4.78 is 0. The topological polar surface area (TPSA) is 93.9 Å². The van der Waals surface area contributed by atoms with Crippen LogP contribution in [0.2, 0.25) is 0 Å². The molecule has 0 spiro atoms. The van der Waals surface area contributed by atoms with Gasteiger partial charge in [0.1, 0.15) is 5.75 Å². The molecule has 88 valence electrons. The predicted octanol–water partition coefficient (Wildman–Crippen LogP) is 0.701. The molecule has 3 N–H and O–H groups in total. The Kier molecular flexibility index (Phi) is 2.88. The van der Waals surface area contributed by atoms with Crippen LogP contribution in [0.1, 0.15) is 11.3 Å². The molecule has 0 aliphatic carbocycles. The highest BCUT2D eigenvalue weighted by Gasteiger charge is 2.09. The highest BCUT2D eigenvalue weighted by molar-refractivity contribution is 5.66. The Morgan fingerprint density at radius 3 is 2.76 bits per heavy atom. The Hall–Kier alpha value is -2.21. The predicted molar refractivity (Wildman–Crippen MR) is 62.4 cm³/mol. The number of nitrogens with two attached hydrogens (primary N) is 1. The molecule has 0 unspecified atom stereocenters. The minimum absolute atomic E-state index is 0.468. The normalized spacial score (nSPS) is 10.3. The molecule has 1 aromatic heterocycles. The van der Waals surface area contributed by atoms with Crippen LogP contribution in [0.3, 0.4) is 0 Å². The van der Waals surface area contributed by atoms with E-state index in [1.807, 2.05) is 6.92 Å². The molecule has 0 radical (unpaired) electrons. The lowest BCUT2D eigenvalue weighted by Gasteiger charge is -2.07. The molecule has 6 nitrogen and oxygen atoms in total. The maximum Gasteiger partial charge on any atom is 0.361 e. The quantitative estimate of drug-likeness (QED) is 0.743. The molecular weight excluding hydrogens is 220 g/mol. The smallest absolute Gasteiger partial charge is 0.361 e. The van der Waals surface area contributed by atoms with Gasteiger partial charge in [-0.05, 0) is 37.6 Å². The molecule has 0 saturated carbocycles. The lowest BCUT2D eigenvalue weighted by atomic mass is 10.0. The van der Waals surface area contributed by atoms with Crippen LogP contribution in [0.25, 0.3) is 11.3 Å². The molecule has 0 amide bonds. The second-order valence-corrected chi connectivity index (χ2v) is 3.67. The van der Waals surface area contributed by atoms with Gasteiger partial charge in [-0.3, -0.25) is 0 Å². The van der Waals surface area contributed by atoms with Crippen molar-refractivity contribution in [2.45, 2.75) is 13.8 Å². The van der Waals surface area contributed by atoms with Gasteiger partial charge in [-0.25, -0.2) is 9.89 Å². The average molecular weight is 232 g/mol. The molecule has 0 aliphatic heterocycles. The summed E-state index contributed by atoms with van der Waals surface area (Å²) in [5.74, 6) is 5.64. The van der Waals surface area contributed by atoms with Crippen molar-refractivity contribution in [1.82, 2.24) is 15.2 Å². The first-order chi connectivity index (χ1) is 8.11. The van der Waals surface area contributed by atoms with E-state index in [2.05, 4.69) is 20.0 Å². The van der Waals surface area contributed by atoms with Crippen LogP contribution in [-0.4, -0.2) is 15.2 Å². The molecule has 17 heavy (non-hydrogen) atoms. The Morgan fingerprint density at radius 2 is 2.12 bits per heavy atom. The van der Waals surface area contributed by atoms with E-state index in [0.717, 1.165) is 11.1 Å². The number of hydrogen-bond donors (Lipinski definition) is 2. The first-order valence-corrected chi connectivity index (χ1v) is 5.03. The van der Waals surface area contributed by atoms with Gasteiger partial charge in [-0.1, -0.05) is 0 Å². The minimum atomic E-state index is -0.468. The molecular formula is C11H12N4O2. The van der Waals surface area contributed by atoms with Gasteiger partial charge in [0.15, 0.2) is 0 Å². The first kappa shape index (κ1) is 11.3. The van der Waals surface area contributed by atoms with Gasteiger partial charge in [-0.15, -0.1) is 0 Å². The van der Waals surface area contributed by atoms with E-state index in [0.29, 0.717) is 17.1 Å². The van der Waals surface area contributed by atoms with Crippen molar-refractivity contribution in [2.75, 3.05) is 0 Å². The molecule has 1 heterocycles. The van der Waals surface area contributed by atoms with E-state index in [-0.39, 0.29) is 0 Å². The fraction of sp³-hybridized carbons (Fsp3) is 0.182. The summed E-state index contributed by atoms with van der Waals surface area (Å²) in [7, 11) is 0. The number of H-pyrrole nitrogens is 1. The van der Waals surface area contributed by atoms with Crippen LogP contribution < -0.4 is 16.4 Å². The van der Waals surface area contributed by atoms with Gasteiger partial charge in [0.25, 0.3) is 0 Å². The van der Waals surface area contributed by atoms with Crippen molar-refractivity contribution in [3.8, 4) is 17.0 Å². The Balaban J connectivity index is 2.60. The van der Waals surface area contributed by atoms with E-state index in [4.69, 9.17) is 5.90 Å². The number of hydrogen-bond acceptors (Lipinski definition) is 5. The Bertz CT molecular complexity index is 607. The zero-order valence-corrected chi connectivity index (χ0v) is 9.52. The monoisotopic (exact) mass is 232 g/mol. The summed E-state index contributed by atoms with van der Waals surface area (Å²) in [6.45, 7) is 3.67. The highest BCUT2D eigenvalue weighted by atomic mass is 16.6. The molecule has 0 aliphatic rings. The summed E-state index contributed by atoms with van der Waals surface area (Å²) in [6.07, 6.45) is 0. The van der Waals surface area contributed by atoms with Crippen molar-refractivity contribution >= 4 is 0 Å². The summed E-state index contributed by atoms with van der Waals surface area (Å²) in [4.78, 5) is 19.7. The van der Waals surface area contributed by atoms with Gasteiger partial charge >= 0.3 is 5.69 Å². The largest absolute Gasteiger partial charge is 0.412 e. The van der Waals surface area contributed by atoms with Crippen LogP contribution in [0.15, 0.2) is 23.0 Å². The van der Waals surface area contributed by atoms with Gasteiger partial charge < -0.3 is 4.84 Å². The van der Waals surface area contributed by atoms with Gasteiger partial charge in [0, 0.05) is 5.56 Å². The molecule has 6 heteroatoms. The third-order valence-electron chi connectivity index (χ3n) is 2.46. The van der Waals surface area contributed by atoms with Crippen LogP contribution in [0.5, 0.6) is 5.75 Å². The summed E-state index contributed by atoms with van der Waals surface area (Å²) in [5, 5.41) is 6.17. The zero-order chi connectivity index (χ0) is 12.4. The van der Waals surface area contributed by atoms with Crippen molar-refractivity contribution < 1.29 is 4.84 Å². The van der Waals surface area contributed by atoms with E-state index < -0.39 is 5.69 Å². The van der Waals surface area contributed by atoms with Crippen molar-refractivity contribution in [2.24, 2.45) is 5.90 Å². The second-order valence-electron chi connectivity index (χ2n) is 3.67. The van der Waals surface area contributed by atoms with Crippen LogP contribution in [0, 0.1) is 13.8 Å². The Labute approximate surface area is 97.4 Å². The average Bonchev–Trinajstić information content (AvgIpc) is 2.32. The van der Waals surface area contributed by atoms with Crippen LogP contribution >= 0.6 is 0 Å². The molecule has 0 saturated heterocycles. The lowest BCUT2D eigenvalue weighted by molar-refractivity contribution is 0.334. The fourth-order valence-electron chi connectivity index (χ4n) is 1.62. The maximum atomic E-state index is 11.2. The number of rotatable bonds is 2. The van der Waals surface area contributed by atoms with Crippen molar-refractivity contribution in [3.63, 3.8) is 0 Å². The van der Waals surface area contributed by atoms with E-state index in [1.54, 1.807) is 25.1 Å². The molecule has 2 rings (SSSR count). The molecule has 1 aromatic carbocycles. The minimum Gasteiger partial charge on any atom is -0.412 e. The summed E-state index contributed by atoms with van der Waals surface area (Å²) in [6, 6.07) is 5.29. The molecule has 0 fully saturated rings. The highest BCUT2D eigenvalue weighted by Crippen LogP contribution is 2.25. The summed E-state index contributed by atoms with van der Waals surface area (Å²) in [5.41, 5.74) is 2.51. The third-order valence-corrected chi connectivity index (χ3v) is 2.46. The Morgan fingerprint density at radius 1 is 1.35 bits per heavy atom. The van der Waals surface area contributed by atoms with Gasteiger partial charge in [-0.2, -0.15) is 16.0 Å². The fourth-order valence-corrected chi connectivity index (χ4v) is 1.62. The number of aryl methyl sites for hydroxylation is 2. The number of aromatic amines is 1. The number of nitrogens with zero attached hydrogens (tertiary/aromatic N) is 2. The number of nitrogens with one attached hydrogen (secondary N) is 1. The first-order valence-electron chi connectivity index (χ1n) is 5.03. The van der Waals surface area contributed by atoms with Crippen molar-refractivity contribution in [3.05, 3.63) is 39.9 Å². The standard InChI is InChI=1S/C11H12N4O2/c1-6-5-8(17-12)3-4-9(6)10-7(2)14-15-11(16)13-10/h3-5H,12H2,1-2H3,(H,13,15,16). The molecule has 0 atom stereocenters. The number of aromatic nitrogens is 3. The number of benzene rings is 1. The van der Waals surface area contributed by atoms with Crippen molar-refractivity contribution in [1.29, 1.82) is 0 Å². The second kappa shape index (κ2) is 4.34. The maximum absolute atomic E-state index is 11.2. The zero-order valence-electron chi connectivity index (χ0n) is 9.52. The van der Waals surface area contributed by atoms with E-state index in [1.165, 1.54) is 0 Å². The SMILES string of the molecule is Cc1cc(ON)ccc1-c1nc(=O)[nH]nc1C. The van der Waals surface area contributed by atoms with E-state index in [9.17, 15) is 4.79 Å². The van der Waals surface area contributed by atoms with Gasteiger partial charge in [0.05, 0.1) is 11.4 Å². The van der Waals surface area contributed by atoms with Crippen LogP contribution in [0.4, 0.5) is 0 Å². The summed E-state index contributed by atoms with van der Waals surface area (Å²) >= 11 is 0. The third kappa shape index (κ3) is 2.16. The molecule has 2 aromatic rings. The molecule has 0 bridgehead atoms. The van der Waals surface area contributed by atoms with E-state index >= 15 is 0 Å². The van der Waals surface area contributed by atoms with Gasteiger partial charge in [0.2, 0.25) is 0 Å². The lowest BCUT2D eigenvalue weighted by Crippen LogP contribution is -2.14. The van der Waals surface area contributed by atoms with Crippen LogP contribution in [-0.2, 0) is 0 Å².